The number of nitrogens with zero attached hydrogens (tertiary/aromatic N) is 1. The molecule has 1 N–H and O–H groups in total. The normalized spacial score (nSPS) is 13.1. The topological polar surface area (TPSA) is 64.2 Å². The zero-order valence-corrected chi connectivity index (χ0v) is 15.4. The first kappa shape index (κ1) is 17.5. The highest BCUT2D eigenvalue weighted by molar-refractivity contribution is 7.10. The average Bonchev–Trinajstić information content (AvgIpc) is 3.16. The monoisotopic (exact) mass is 358 g/mol. The van der Waals surface area contributed by atoms with Crippen molar-refractivity contribution in [2.75, 3.05) is 0 Å². The van der Waals surface area contributed by atoms with Crippen LogP contribution in [0, 0.1) is 5.41 Å². The maximum absolute atomic E-state index is 12.5. The van der Waals surface area contributed by atoms with E-state index in [1.165, 1.54) is 4.57 Å². The second-order valence-electron chi connectivity index (χ2n) is 7.12. The van der Waals surface area contributed by atoms with Crippen molar-refractivity contribution in [2.45, 2.75) is 39.8 Å². The van der Waals surface area contributed by atoms with Crippen LogP contribution < -0.4 is 11.1 Å². The number of aromatic nitrogens is 1. The molecule has 0 saturated heterocycles. The third-order valence-electron chi connectivity index (χ3n) is 4.14. The average molecular weight is 358 g/mol. The molecule has 3 aromatic rings. The van der Waals surface area contributed by atoms with Crippen LogP contribution >= 0.6 is 11.3 Å². The lowest BCUT2D eigenvalue weighted by molar-refractivity contribution is -0.122. The second-order valence-corrected chi connectivity index (χ2v) is 8.10. The van der Waals surface area contributed by atoms with Crippen LogP contribution in [0.25, 0.3) is 11.1 Å². The summed E-state index contributed by atoms with van der Waals surface area (Å²) in [4.78, 5) is 25.6. The minimum Gasteiger partial charge on any atom is -0.408 e. The molecule has 3 rings (SSSR count). The first-order valence-electron chi connectivity index (χ1n) is 8.27. The number of amides is 1. The maximum Gasteiger partial charge on any atom is 0.419 e. The Labute approximate surface area is 150 Å². The SMILES string of the molecule is CC(C)(C)C(NC(=O)CCn1c(=O)oc2ccccc21)c1cccs1. The number of carbonyl (C=O) groups is 1. The van der Waals surface area contributed by atoms with Gasteiger partial charge in [-0.25, -0.2) is 4.79 Å². The van der Waals surface area contributed by atoms with Crippen molar-refractivity contribution in [3.8, 4) is 0 Å². The Kier molecular flexibility index (Phi) is 4.81. The fourth-order valence-electron chi connectivity index (χ4n) is 2.84. The van der Waals surface area contributed by atoms with Crippen LogP contribution in [0.1, 0.15) is 38.1 Å². The van der Waals surface area contributed by atoms with Crippen LogP contribution in [0.4, 0.5) is 0 Å². The summed E-state index contributed by atoms with van der Waals surface area (Å²) >= 11 is 1.64. The first-order valence-corrected chi connectivity index (χ1v) is 9.15. The Morgan fingerprint density at radius 2 is 2.00 bits per heavy atom. The molecule has 1 amide bonds. The number of benzene rings is 1. The molecule has 2 aromatic heterocycles. The molecule has 5 nitrogen and oxygen atoms in total. The van der Waals surface area contributed by atoms with Gasteiger partial charge < -0.3 is 9.73 Å². The van der Waals surface area contributed by atoms with Crippen molar-refractivity contribution in [2.24, 2.45) is 5.41 Å². The number of nitrogens with one attached hydrogen (secondary N) is 1. The Morgan fingerprint density at radius 1 is 1.24 bits per heavy atom. The van der Waals surface area contributed by atoms with Crippen molar-refractivity contribution in [1.29, 1.82) is 0 Å². The Hall–Kier alpha value is -2.34. The number of hydrogen-bond donors (Lipinski definition) is 1. The summed E-state index contributed by atoms with van der Waals surface area (Å²) in [5.41, 5.74) is 1.16. The molecule has 0 bridgehead atoms. The number of rotatable bonds is 5. The number of fused-ring (bicyclic) bond motifs is 1. The molecule has 0 aliphatic rings. The molecule has 2 heterocycles. The quantitative estimate of drug-likeness (QED) is 0.751. The molecular weight excluding hydrogens is 336 g/mol. The van der Waals surface area contributed by atoms with Crippen LogP contribution in [-0.2, 0) is 11.3 Å². The minimum atomic E-state index is -0.431. The predicted molar refractivity (Wildman–Crippen MR) is 99.7 cm³/mol. The van der Waals surface area contributed by atoms with Crippen molar-refractivity contribution >= 4 is 28.3 Å². The van der Waals surface area contributed by atoms with E-state index in [4.69, 9.17) is 4.42 Å². The molecule has 0 saturated carbocycles. The number of oxazole rings is 1. The Morgan fingerprint density at radius 3 is 2.68 bits per heavy atom. The highest BCUT2D eigenvalue weighted by Gasteiger charge is 2.28. The summed E-state index contributed by atoms with van der Waals surface area (Å²) in [6, 6.07) is 11.2. The fraction of sp³-hybridized carbons (Fsp3) is 0.368. The molecular formula is C19H22N2O3S. The van der Waals surface area contributed by atoms with E-state index in [0.717, 1.165) is 4.88 Å². The molecule has 132 valence electrons. The van der Waals surface area contributed by atoms with Gasteiger partial charge in [0.05, 0.1) is 11.6 Å². The summed E-state index contributed by atoms with van der Waals surface area (Å²) in [6.07, 6.45) is 0.224. The summed E-state index contributed by atoms with van der Waals surface area (Å²) in [5, 5.41) is 5.13. The Bertz CT molecular complexity index is 916. The molecule has 25 heavy (non-hydrogen) atoms. The van der Waals surface area contributed by atoms with Gasteiger partial charge >= 0.3 is 5.76 Å². The first-order chi connectivity index (χ1) is 11.9. The molecule has 1 unspecified atom stereocenters. The van der Waals surface area contributed by atoms with Crippen LogP contribution in [0.15, 0.2) is 51.0 Å². The van der Waals surface area contributed by atoms with Gasteiger partial charge in [-0.05, 0) is 29.0 Å². The molecule has 0 aliphatic heterocycles. The van der Waals surface area contributed by atoms with Gasteiger partial charge in [-0.15, -0.1) is 11.3 Å². The highest BCUT2D eigenvalue weighted by atomic mass is 32.1. The van der Waals surface area contributed by atoms with Gasteiger partial charge in [-0.3, -0.25) is 9.36 Å². The number of hydrogen-bond acceptors (Lipinski definition) is 4. The number of carbonyl (C=O) groups excluding carboxylic acids is 1. The van der Waals surface area contributed by atoms with Gasteiger partial charge in [0, 0.05) is 17.8 Å². The van der Waals surface area contributed by atoms with Gasteiger partial charge in [-0.2, -0.15) is 0 Å². The fourth-order valence-corrected chi connectivity index (χ4v) is 3.86. The molecule has 6 heteroatoms. The van der Waals surface area contributed by atoms with E-state index >= 15 is 0 Å². The van der Waals surface area contributed by atoms with Gasteiger partial charge in [0.1, 0.15) is 0 Å². The molecule has 0 aliphatic carbocycles. The van der Waals surface area contributed by atoms with Gasteiger partial charge in [0.25, 0.3) is 0 Å². The van der Waals surface area contributed by atoms with Crippen molar-refractivity contribution in [3.05, 3.63) is 57.2 Å². The van der Waals surface area contributed by atoms with Gasteiger partial charge in [0.15, 0.2) is 5.58 Å². The smallest absolute Gasteiger partial charge is 0.408 e. The standard InChI is InChI=1S/C19H22N2O3S/c1-19(2,3)17(15-9-6-12-25-15)20-16(22)10-11-21-13-7-4-5-8-14(13)24-18(21)23/h4-9,12,17H,10-11H2,1-3H3,(H,20,22). The van der Waals surface area contributed by atoms with E-state index in [0.29, 0.717) is 17.6 Å². The van der Waals surface area contributed by atoms with Gasteiger partial charge in [0.2, 0.25) is 5.91 Å². The molecule has 1 atom stereocenters. The zero-order chi connectivity index (χ0) is 18.0. The van der Waals surface area contributed by atoms with E-state index in [2.05, 4.69) is 26.1 Å². The summed E-state index contributed by atoms with van der Waals surface area (Å²) in [7, 11) is 0. The largest absolute Gasteiger partial charge is 0.419 e. The predicted octanol–water partition coefficient (Wildman–Crippen LogP) is 3.95. The van der Waals surface area contributed by atoms with Crippen molar-refractivity contribution in [3.63, 3.8) is 0 Å². The van der Waals surface area contributed by atoms with Crippen molar-refractivity contribution in [1.82, 2.24) is 9.88 Å². The van der Waals surface area contributed by atoms with Crippen LogP contribution in [-0.4, -0.2) is 10.5 Å². The number of thiophene rings is 1. The third-order valence-corrected chi connectivity index (χ3v) is 5.07. The van der Waals surface area contributed by atoms with Crippen LogP contribution in [0.3, 0.4) is 0 Å². The summed E-state index contributed by atoms with van der Waals surface area (Å²) < 4.78 is 6.71. The second kappa shape index (κ2) is 6.88. The van der Waals surface area contributed by atoms with E-state index < -0.39 is 5.76 Å². The van der Waals surface area contributed by atoms with E-state index in [9.17, 15) is 9.59 Å². The number of para-hydroxylation sites is 2. The lowest BCUT2D eigenvalue weighted by Crippen LogP contribution is -2.36. The van der Waals surface area contributed by atoms with E-state index in [1.807, 2.05) is 35.7 Å². The highest BCUT2D eigenvalue weighted by Crippen LogP contribution is 2.35. The Balaban J connectivity index is 1.71. The molecule has 0 spiro atoms. The van der Waals surface area contributed by atoms with E-state index in [-0.39, 0.29) is 23.8 Å². The van der Waals surface area contributed by atoms with Crippen molar-refractivity contribution < 1.29 is 9.21 Å². The van der Waals surface area contributed by atoms with E-state index in [1.54, 1.807) is 17.4 Å². The lowest BCUT2D eigenvalue weighted by Gasteiger charge is -2.30. The molecule has 0 radical (unpaired) electrons. The maximum atomic E-state index is 12.5. The summed E-state index contributed by atoms with van der Waals surface area (Å²) in [6.45, 7) is 6.60. The van der Waals surface area contributed by atoms with Crippen LogP contribution in [0.2, 0.25) is 0 Å². The minimum absolute atomic E-state index is 0.0576. The third kappa shape index (κ3) is 3.85. The van der Waals surface area contributed by atoms with Crippen LogP contribution in [0.5, 0.6) is 0 Å². The zero-order valence-electron chi connectivity index (χ0n) is 14.6. The molecule has 1 aromatic carbocycles. The van der Waals surface area contributed by atoms with Gasteiger partial charge in [-0.1, -0.05) is 39.0 Å². The molecule has 0 fully saturated rings. The number of aryl methyl sites for hydroxylation is 1. The lowest BCUT2D eigenvalue weighted by atomic mass is 9.85. The summed E-state index contributed by atoms with van der Waals surface area (Å²) in [5.74, 6) is -0.509.